The molecule has 18 heavy (non-hydrogen) atoms. The molecule has 1 aliphatic heterocycles. The van der Waals surface area contributed by atoms with Crippen molar-refractivity contribution >= 4 is 10.0 Å². The van der Waals surface area contributed by atoms with Crippen molar-refractivity contribution in [3.05, 3.63) is 29.8 Å². The molecule has 1 heterocycles. The molecule has 0 aliphatic carbocycles. The van der Waals surface area contributed by atoms with Crippen LogP contribution < -0.4 is 15.2 Å². The zero-order valence-corrected chi connectivity index (χ0v) is 11.1. The number of ether oxygens (including phenoxy) is 1. The van der Waals surface area contributed by atoms with Gasteiger partial charge in [0.25, 0.3) is 0 Å². The van der Waals surface area contributed by atoms with Gasteiger partial charge < -0.3 is 10.1 Å². The zero-order valence-electron chi connectivity index (χ0n) is 10.3. The Bertz CT molecular complexity index is 508. The van der Waals surface area contributed by atoms with Gasteiger partial charge >= 0.3 is 0 Å². The summed E-state index contributed by atoms with van der Waals surface area (Å²) in [4.78, 5) is 0. The summed E-state index contributed by atoms with van der Waals surface area (Å²) in [7, 11) is -1.80. The van der Waals surface area contributed by atoms with Gasteiger partial charge in [-0.1, -0.05) is 12.1 Å². The molecule has 0 saturated carbocycles. The molecule has 1 aliphatic rings. The quantitative estimate of drug-likeness (QED) is 0.850. The highest BCUT2D eigenvalue weighted by atomic mass is 32.2. The first-order valence-electron chi connectivity index (χ1n) is 5.89. The Morgan fingerprint density at radius 1 is 1.39 bits per heavy atom. The fraction of sp³-hybridized carbons (Fsp3) is 0.500. The summed E-state index contributed by atoms with van der Waals surface area (Å²) in [6.45, 7) is 0.403. The monoisotopic (exact) mass is 270 g/mol. The van der Waals surface area contributed by atoms with E-state index in [-0.39, 0.29) is 6.04 Å². The summed E-state index contributed by atoms with van der Waals surface area (Å²) >= 11 is 0. The van der Waals surface area contributed by atoms with Gasteiger partial charge in [0.05, 0.1) is 12.4 Å². The van der Waals surface area contributed by atoms with Crippen LogP contribution in [0.15, 0.2) is 24.3 Å². The lowest BCUT2D eigenvalue weighted by atomic mass is 9.97. The van der Waals surface area contributed by atoms with E-state index in [4.69, 9.17) is 9.88 Å². The minimum atomic E-state index is -3.43. The van der Waals surface area contributed by atoms with Crippen molar-refractivity contribution in [2.24, 2.45) is 5.14 Å². The Morgan fingerprint density at radius 2 is 2.17 bits per heavy atom. The Morgan fingerprint density at radius 3 is 2.72 bits per heavy atom. The number of sulfonamides is 1. The number of methoxy groups -OCH3 is 1. The minimum absolute atomic E-state index is 0.165. The molecule has 1 aromatic carbocycles. The van der Waals surface area contributed by atoms with Gasteiger partial charge in [-0.25, -0.2) is 13.6 Å². The molecule has 2 rings (SSSR count). The third-order valence-corrected chi connectivity index (χ3v) is 4.66. The maximum atomic E-state index is 11.2. The Hall–Kier alpha value is -1.11. The van der Waals surface area contributed by atoms with Crippen LogP contribution in [0.4, 0.5) is 0 Å². The molecule has 2 atom stereocenters. The Balaban J connectivity index is 2.05. The van der Waals surface area contributed by atoms with Gasteiger partial charge in [0.15, 0.2) is 0 Å². The Labute approximate surface area is 107 Å². The SMILES string of the molecule is COc1cccc(C2CCC(S(N)(=O)=O)CN2)c1. The zero-order chi connectivity index (χ0) is 13.2. The van der Waals surface area contributed by atoms with E-state index in [0.717, 1.165) is 17.7 Å². The molecule has 0 bridgehead atoms. The van der Waals surface area contributed by atoms with Gasteiger partial charge in [-0.05, 0) is 30.5 Å². The van der Waals surface area contributed by atoms with Gasteiger partial charge in [0, 0.05) is 12.6 Å². The molecule has 0 spiro atoms. The molecule has 0 radical (unpaired) electrons. The second-order valence-corrected chi connectivity index (χ2v) is 6.37. The topological polar surface area (TPSA) is 81.4 Å². The van der Waals surface area contributed by atoms with Crippen molar-refractivity contribution in [3.63, 3.8) is 0 Å². The number of piperidine rings is 1. The van der Waals surface area contributed by atoms with Crippen molar-refractivity contribution < 1.29 is 13.2 Å². The van der Waals surface area contributed by atoms with Crippen molar-refractivity contribution in [2.45, 2.75) is 24.1 Å². The first kappa shape index (κ1) is 13.3. The average Bonchev–Trinajstić information content (AvgIpc) is 2.38. The van der Waals surface area contributed by atoms with Crippen LogP contribution in [-0.4, -0.2) is 27.3 Å². The van der Waals surface area contributed by atoms with E-state index in [9.17, 15) is 8.42 Å². The van der Waals surface area contributed by atoms with Crippen LogP contribution in [0.25, 0.3) is 0 Å². The van der Waals surface area contributed by atoms with E-state index in [1.165, 1.54) is 0 Å². The Kier molecular flexibility index (Phi) is 3.89. The molecule has 1 saturated heterocycles. The minimum Gasteiger partial charge on any atom is -0.497 e. The summed E-state index contributed by atoms with van der Waals surface area (Å²) in [5.74, 6) is 0.808. The summed E-state index contributed by atoms with van der Waals surface area (Å²) in [5.41, 5.74) is 1.11. The van der Waals surface area contributed by atoms with Crippen LogP contribution in [0, 0.1) is 0 Å². The second-order valence-electron chi connectivity index (χ2n) is 4.53. The van der Waals surface area contributed by atoms with Gasteiger partial charge in [-0.2, -0.15) is 0 Å². The predicted octanol–water partition coefficient (Wildman–Crippen LogP) is 0.777. The van der Waals surface area contributed by atoms with Crippen molar-refractivity contribution in [1.29, 1.82) is 0 Å². The number of rotatable bonds is 3. The number of nitrogens with one attached hydrogen (secondary N) is 1. The molecular weight excluding hydrogens is 252 g/mol. The van der Waals surface area contributed by atoms with E-state index in [1.54, 1.807) is 7.11 Å². The van der Waals surface area contributed by atoms with Crippen LogP contribution >= 0.6 is 0 Å². The maximum absolute atomic E-state index is 11.2. The third kappa shape index (κ3) is 3.01. The third-order valence-electron chi connectivity index (χ3n) is 3.33. The summed E-state index contributed by atoms with van der Waals surface area (Å²) in [6.07, 6.45) is 1.35. The molecule has 1 fully saturated rings. The van der Waals surface area contributed by atoms with E-state index in [1.807, 2.05) is 24.3 Å². The fourth-order valence-corrected chi connectivity index (χ4v) is 3.05. The molecule has 0 amide bonds. The maximum Gasteiger partial charge on any atom is 0.213 e. The second kappa shape index (κ2) is 5.26. The van der Waals surface area contributed by atoms with Crippen molar-refractivity contribution in [1.82, 2.24) is 5.32 Å². The molecule has 0 aromatic heterocycles. The summed E-state index contributed by atoms with van der Waals surface area (Å²) < 4.78 is 27.7. The fourth-order valence-electron chi connectivity index (χ4n) is 2.25. The predicted molar refractivity (Wildman–Crippen MR) is 69.9 cm³/mol. The lowest BCUT2D eigenvalue weighted by Gasteiger charge is -2.29. The van der Waals surface area contributed by atoms with Crippen LogP contribution in [0.5, 0.6) is 5.75 Å². The standard InChI is InChI=1S/C12H18N2O3S/c1-17-10-4-2-3-9(7-10)12-6-5-11(8-14-12)18(13,15)16/h2-4,7,11-12,14H,5-6,8H2,1H3,(H2,13,15,16). The van der Waals surface area contributed by atoms with Crippen LogP contribution in [0.3, 0.4) is 0 Å². The summed E-state index contributed by atoms with van der Waals surface area (Å²) in [5, 5.41) is 7.91. The van der Waals surface area contributed by atoms with E-state index < -0.39 is 15.3 Å². The van der Waals surface area contributed by atoms with Crippen LogP contribution in [-0.2, 0) is 10.0 Å². The van der Waals surface area contributed by atoms with E-state index >= 15 is 0 Å². The number of nitrogens with two attached hydrogens (primary N) is 1. The van der Waals surface area contributed by atoms with Crippen LogP contribution in [0.1, 0.15) is 24.4 Å². The van der Waals surface area contributed by atoms with Crippen molar-refractivity contribution in [2.75, 3.05) is 13.7 Å². The molecule has 5 nitrogen and oxygen atoms in total. The summed E-state index contributed by atoms with van der Waals surface area (Å²) in [6, 6.07) is 7.96. The normalized spacial score (nSPS) is 24.8. The van der Waals surface area contributed by atoms with Gasteiger partial charge in [0.2, 0.25) is 10.0 Å². The highest BCUT2D eigenvalue weighted by Gasteiger charge is 2.28. The molecule has 2 unspecified atom stereocenters. The van der Waals surface area contributed by atoms with Gasteiger partial charge in [-0.3, -0.25) is 0 Å². The number of hydrogen-bond donors (Lipinski definition) is 2. The highest BCUT2D eigenvalue weighted by molar-refractivity contribution is 7.89. The molecular formula is C12H18N2O3S. The first-order chi connectivity index (χ1) is 8.50. The van der Waals surface area contributed by atoms with Crippen LogP contribution in [0.2, 0.25) is 0 Å². The lowest BCUT2D eigenvalue weighted by molar-refractivity contribution is 0.398. The number of primary sulfonamides is 1. The average molecular weight is 270 g/mol. The highest BCUT2D eigenvalue weighted by Crippen LogP contribution is 2.27. The molecule has 100 valence electrons. The molecule has 6 heteroatoms. The molecule has 3 N–H and O–H groups in total. The first-order valence-corrected chi connectivity index (χ1v) is 7.50. The van der Waals surface area contributed by atoms with Gasteiger partial charge in [-0.15, -0.1) is 0 Å². The van der Waals surface area contributed by atoms with E-state index in [2.05, 4.69) is 5.32 Å². The van der Waals surface area contributed by atoms with E-state index in [0.29, 0.717) is 13.0 Å². The largest absolute Gasteiger partial charge is 0.497 e. The molecule has 1 aromatic rings. The lowest BCUT2D eigenvalue weighted by Crippen LogP contribution is -2.43. The number of benzene rings is 1. The van der Waals surface area contributed by atoms with Gasteiger partial charge in [0.1, 0.15) is 5.75 Å². The van der Waals surface area contributed by atoms with Crippen molar-refractivity contribution in [3.8, 4) is 5.75 Å². The number of hydrogen-bond acceptors (Lipinski definition) is 4. The smallest absolute Gasteiger partial charge is 0.213 e.